The van der Waals surface area contributed by atoms with Crippen LogP contribution >= 0.6 is 8.53 Å². The van der Waals surface area contributed by atoms with Crippen LogP contribution in [0.25, 0.3) is 0 Å². The second-order valence-corrected chi connectivity index (χ2v) is 10.8. The van der Waals surface area contributed by atoms with Gasteiger partial charge in [-0.2, -0.15) is 0 Å². The summed E-state index contributed by atoms with van der Waals surface area (Å²) in [6.07, 6.45) is 10.5. The second kappa shape index (κ2) is 14.8. The molecule has 1 unspecified atom stereocenters. The standard InChI is InChI=1S/C25H46NO3P/c1-6-17-28-30(26(21(2)3)22(4)5)29-19-14-10-9-13-18-27-20-25-23-15-11-7-8-12-16-24(23)25/h21-25H,6,9-20H2,1-5H3/t23-,24+,25-,30?. The van der Waals surface area contributed by atoms with E-state index in [2.05, 4.69) is 51.1 Å². The third-order valence-electron chi connectivity index (χ3n) is 6.19. The van der Waals surface area contributed by atoms with Crippen LogP contribution in [0.5, 0.6) is 0 Å². The minimum atomic E-state index is -0.951. The fourth-order valence-electron chi connectivity index (χ4n) is 4.62. The van der Waals surface area contributed by atoms with Gasteiger partial charge in [0.05, 0.1) is 13.2 Å². The van der Waals surface area contributed by atoms with Crippen molar-refractivity contribution >= 4 is 8.53 Å². The van der Waals surface area contributed by atoms with E-state index in [9.17, 15) is 0 Å². The molecule has 0 N–H and O–H groups in total. The molecule has 0 aromatic carbocycles. The molecule has 5 heteroatoms. The summed E-state index contributed by atoms with van der Waals surface area (Å²) in [6, 6.07) is 0.864. The van der Waals surface area contributed by atoms with Crippen molar-refractivity contribution in [3.63, 3.8) is 0 Å². The molecule has 30 heavy (non-hydrogen) atoms. The monoisotopic (exact) mass is 439 g/mol. The first kappa shape index (κ1) is 26.1. The summed E-state index contributed by atoms with van der Waals surface area (Å²) in [6.45, 7) is 14.5. The molecule has 0 aromatic heterocycles. The van der Waals surface area contributed by atoms with Gasteiger partial charge in [0.1, 0.15) is 0 Å². The first-order chi connectivity index (χ1) is 14.6. The fourth-order valence-corrected chi connectivity index (χ4v) is 6.34. The Morgan fingerprint density at radius 1 is 0.833 bits per heavy atom. The summed E-state index contributed by atoms with van der Waals surface area (Å²) < 4.78 is 20.6. The first-order valence-corrected chi connectivity index (χ1v) is 13.6. The number of fused-ring (bicyclic) bond motifs is 1. The van der Waals surface area contributed by atoms with Crippen LogP contribution in [-0.2, 0) is 13.8 Å². The van der Waals surface area contributed by atoms with Gasteiger partial charge < -0.3 is 13.8 Å². The lowest BCUT2D eigenvalue weighted by atomic mass is 10.1. The van der Waals surface area contributed by atoms with Crippen molar-refractivity contribution in [3.05, 3.63) is 0 Å². The average Bonchev–Trinajstić information content (AvgIpc) is 3.32. The Kier molecular flexibility index (Phi) is 12.9. The van der Waals surface area contributed by atoms with Crippen molar-refractivity contribution in [2.24, 2.45) is 17.8 Å². The highest BCUT2D eigenvalue weighted by molar-refractivity contribution is 7.44. The van der Waals surface area contributed by atoms with Crippen molar-refractivity contribution in [2.45, 2.75) is 104 Å². The van der Waals surface area contributed by atoms with Crippen LogP contribution in [0, 0.1) is 29.6 Å². The van der Waals surface area contributed by atoms with Crippen LogP contribution in [0.4, 0.5) is 0 Å². The predicted molar refractivity (Wildman–Crippen MR) is 127 cm³/mol. The van der Waals surface area contributed by atoms with Gasteiger partial charge in [-0.3, -0.25) is 0 Å². The maximum Gasteiger partial charge on any atom is 0.259 e. The SMILES string of the molecule is CCCOP(OCCCCCCOC[C@@H]1[C@@H]2CCC#CCC[C@@H]21)N(C(C)C)C(C)C. The summed E-state index contributed by atoms with van der Waals surface area (Å²) in [7, 11) is -0.951. The molecule has 1 saturated carbocycles. The molecule has 2 aliphatic rings. The Bertz CT molecular complexity index is 490. The van der Waals surface area contributed by atoms with E-state index in [1.807, 2.05) is 0 Å². The van der Waals surface area contributed by atoms with Crippen LogP contribution in [0.15, 0.2) is 0 Å². The number of hydrogen-bond acceptors (Lipinski definition) is 4. The maximum absolute atomic E-state index is 6.20. The van der Waals surface area contributed by atoms with E-state index in [0.29, 0.717) is 12.1 Å². The Labute approximate surface area is 187 Å². The topological polar surface area (TPSA) is 30.9 Å². The van der Waals surface area contributed by atoms with Gasteiger partial charge in [0.15, 0.2) is 0 Å². The van der Waals surface area contributed by atoms with E-state index in [4.69, 9.17) is 13.8 Å². The zero-order valence-corrected chi connectivity index (χ0v) is 21.1. The zero-order chi connectivity index (χ0) is 21.8. The van der Waals surface area contributed by atoms with Gasteiger partial charge in [-0.15, -0.1) is 11.8 Å². The minimum Gasteiger partial charge on any atom is -0.381 e. The van der Waals surface area contributed by atoms with Crippen LogP contribution in [-0.4, -0.2) is 43.2 Å². The normalized spacial score (nSPS) is 24.3. The smallest absolute Gasteiger partial charge is 0.259 e. The molecule has 4 nitrogen and oxygen atoms in total. The fraction of sp³-hybridized carbons (Fsp3) is 0.920. The Hall–Kier alpha value is -0.170. The number of hydrogen-bond donors (Lipinski definition) is 0. The summed E-state index contributed by atoms with van der Waals surface area (Å²) in [4.78, 5) is 0. The lowest BCUT2D eigenvalue weighted by molar-refractivity contribution is 0.113. The lowest BCUT2D eigenvalue weighted by Gasteiger charge is -2.35. The average molecular weight is 440 g/mol. The maximum atomic E-state index is 6.20. The van der Waals surface area contributed by atoms with E-state index in [-0.39, 0.29) is 0 Å². The second-order valence-electron chi connectivity index (χ2n) is 9.38. The first-order valence-electron chi connectivity index (χ1n) is 12.4. The third-order valence-corrected chi connectivity index (χ3v) is 8.29. The van der Waals surface area contributed by atoms with Gasteiger partial charge in [0, 0.05) is 38.1 Å². The summed E-state index contributed by atoms with van der Waals surface area (Å²) in [5.41, 5.74) is 0. The van der Waals surface area contributed by atoms with Crippen molar-refractivity contribution in [3.8, 4) is 11.8 Å². The van der Waals surface area contributed by atoms with Crippen molar-refractivity contribution < 1.29 is 13.8 Å². The van der Waals surface area contributed by atoms with Gasteiger partial charge in [0.2, 0.25) is 0 Å². The Morgan fingerprint density at radius 2 is 1.40 bits per heavy atom. The molecule has 0 aromatic rings. The lowest BCUT2D eigenvalue weighted by Crippen LogP contribution is -2.33. The molecule has 174 valence electrons. The van der Waals surface area contributed by atoms with Gasteiger partial charge in [-0.05, 0) is 77.6 Å². The van der Waals surface area contributed by atoms with Gasteiger partial charge in [-0.25, -0.2) is 4.67 Å². The van der Waals surface area contributed by atoms with Crippen LogP contribution in [0.2, 0.25) is 0 Å². The number of rotatable bonds is 16. The summed E-state index contributed by atoms with van der Waals surface area (Å²) in [5, 5.41) is 0. The van der Waals surface area contributed by atoms with Crippen molar-refractivity contribution in [2.75, 3.05) is 26.4 Å². The molecule has 4 atom stereocenters. The Morgan fingerprint density at radius 3 is 1.97 bits per heavy atom. The van der Waals surface area contributed by atoms with Gasteiger partial charge >= 0.3 is 0 Å². The highest BCUT2D eigenvalue weighted by Gasteiger charge is 2.48. The number of nitrogens with zero attached hydrogens (tertiary/aromatic N) is 1. The van der Waals surface area contributed by atoms with E-state index < -0.39 is 8.53 Å². The van der Waals surface area contributed by atoms with Crippen molar-refractivity contribution in [1.29, 1.82) is 0 Å². The molecule has 0 spiro atoms. The third kappa shape index (κ3) is 9.13. The molecule has 0 radical (unpaired) electrons. The largest absolute Gasteiger partial charge is 0.381 e. The molecule has 0 saturated heterocycles. The molecule has 0 heterocycles. The highest BCUT2D eigenvalue weighted by atomic mass is 31.2. The van der Waals surface area contributed by atoms with Crippen LogP contribution in [0.3, 0.4) is 0 Å². The van der Waals surface area contributed by atoms with E-state index in [1.54, 1.807) is 0 Å². The number of unbranched alkanes of at least 4 members (excludes halogenated alkanes) is 3. The van der Waals surface area contributed by atoms with Crippen LogP contribution < -0.4 is 0 Å². The van der Waals surface area contributed by atoms with Gasteiger partial charge in [-0.1, -0.05) is 19.8 Å². The molecule has 1 fully saturated rings. The molecule has 0 amide bonds. The molecular weight excluding hydrogens is 393 g/mol. The molecule has 2 aliphatic carbocycles. The molecule has 0 aliphatic heterocycles. The quantitative estimate of drug-likeness (QED) is 0.150. The predicted octanol–water partition coefficient (Wildman–Crippen LogP) is 6.79. The van der Waals surface area contributed by atoms with E-state index in [0.717, 1.165) is 76.3 Å². The van der Waals surface area contributed by atoms with Crippen molar-refractivity contribution in [1.82, 2.24) is 4.67 Å². The van der Waals surface area contributed by atoms with Gasteiger partial charge in [0.25, 0.3) is 8.53 Å². The Balaban J connectivity index is 1.50. The number of ether oxygens (including phenoxy) is 1. The minimum absolute atomic E-state index is 0.432. The van der Waals surface area contributed by atoms with Crippen LogP contribution in [0.1, 0.15) is 92.4 Å². The van der Waals surface area contributed by atoms with E-state index >= 15 is 0 Å². The molecule has 2 rings (SSSR count). The highest BCUT2D eigenvalue weighted by Crippen LogP contribution is 2.52. The van der Waals surface area contributed by atoms with E-state index in [1.165, 1.54) is 25.7 Å². The molecule has 0 bridgehead atoms. The summed E-state index contributed by atoms with van der Waals surface area (Å²) >= 11 is 0. The molecular formula is C25H46NO3P. The summed E-state index contributed by atoms with van der Waals surface area (Å²) in [5.74, 6) is 9.19. The zero-order valence-electron chi connectivity index (χ0n) is 20.2.